The fraction of sp³-hybridized carbons (Fsp3) is 0.633. The van der Waals surface area contributed by atoms with Crippen LogP contribution in [0.1, 0.15) is 131 Å². The molecule has 3 fully saturated rings. The van der Waals surface area contributed by atoms with Crippen molar-refractivity contribution in [2.24, 2.45) is 35.1 Å². The zero-order chi connectivity index (χ0) is 60.2. The number of benzene rings is 2. The molecule has 0 aliphatic carbocycles. The number of hydrogen-bond acceptors (Lipinski definition) is 12. The third-order valence-electron chi connectivity index (χ3n) is 15.3. The minimum Gasteiger partial charge on any atom is -0.343 e. The Morgan fingerprint density at radius 2 is 0.720 bits per heavy atom. The molecule has 3 aliphatic heterocycles. The van der Waals surface area contributed by atoms with E-state index in [2.05, 4.69) is 42.5 Å². The SMILES string of the molecule is CC(C)C[C@@H]1NC(=O)[C@@H](Cc2ccccc2)NC(=O)[C@@H]2CCCN2C(=O)[C@H](C(C)C)NC(=O)[C@H](CCCN)NC(=O)[C@H](CC(C)C)NC(=O)[C@@H](Cc2ccccc2)NC(=O)[C@@H]2CCCN2C(=O)[C@H](C(C)C)NC(=O)[C@H](CCCN)NC1=O. The van der Waals surface area contributed by atoms with Crippen molar-refractivity contribution in [2.45, 2.75) is 193 Å². The van der Waals surface area contributed by atoms with Gasteiger partial charge in [0.2, 0.25) is 59.1 Å². The van der Waals surface area contributed by atoms with Crippen LogP contribution in [0.2, 0.25) is 0 Å². The van der Waals surface area contributed by atoms with Gasteiger partial charge in [-0.15, -0.1) is 0 Å². The lowest BCUT2D eigenvalue weighted by molar-refractivity contribution is -0.144. The summed E-state index contributed by atoms with van der Waals surface area (Å²) >= 11 is 0. The molecule has 452 valence electrons. The molecule has 0 aromatic heterocycles. The van der Waals surface area contributed by atoms with Crippen LogP contribution in [0, 0.1) is 23.7 Å². The first-order valence-electron chi connectivity index (χ1n) is 29.5. The zero-order valence-electron chi connectivity index (χ0n) is 49.3. The van der Waals surface area contributed by atoms with Gasteiger partial charge in [0.05, 0.1) is 0 Å². The molecule has 10 amide bonds. The van der Waals surface area contributed by atoms with Crippen LogP contribution in [0.5, 0.6) is 0 Å². The van der Waals surface area contributed by atoms with Gasteiger partial charge in [0.25, 0.3) is 0 Å². The summed E-state index contributed by atoms with van der Waals surface area (Å²) in [6, 6.07) is 6.22. The van der Waals surface area contributed by atoms with Gasteiger partial charge >= 0.3 is 0 Å². The summed E-state index contributed by atoms with van der Waals surface area (Å²) in [7, 11) is 0. The molecular weight excluding hydrogens is 1050 g/mol. The largest absolute Gasteiger partial charge is 0.343 e. The Hall–Kier alpha value is -6.94. The van der Waals surface area contributed by atoms with E-state index in [1.807, 2.05) is 39.8 Å². The van der Waals surface area contributed by atoms with Crippen molar-refractivity contribution in [3.8, 4) is 0 Å². The summed E-state index contributed by atoms with van der Waals surface area (Å²) in [6.07, 6.45) is 2.43. The summed E-state index contributed by atoms with van der Waals surface area (Å²) in [4.78, 5) is 149. The quantitative estimate of drug-likeness (QED) is 0.114. The number of nitrogens with one attached hydrogen (secondary N) is 8. The summed E-state index contributed by atoms with van der Waals surface area (Å²) in [5, 5.41) is 22.9. The summed E-state index contributed by atoms with van der Waals surface area (Å²) in [5.41, 5.74) is 13.3. The van der Waals surface area contributed by atoms with Gasteiger partial charge < -0.3 is 63.8 Å². The number of carbonyl (C=O) groups excluding carboxylic acids is 10. The predicted octanol–water partition coefficient (Wildman–Crippen LogP) is 1.23. The first kappa shape index (κ1) is 65.9. The molecule has 10 atom stereocenters. The van der Waals surface area contributed by atoms with E-state index in [0.29, 0.717) is 36.8 Å². The number of hydrogen-bond donors (Lipinski definition) is 10. The third-order valence-corrected chi connectivity index (χ3v) is 15.3. The molecule has 3 saturated heterocycles. The number of nitrogens with zero attached hydrogens (tertiary/aromatic N) is 2. The molecule has 0 bridgehead atoms. The molecule has 22 nitrogen and oxygen atoms in total. The standard InChI is InChI=1S/C60H92N12O10/c1-35(2)31-43-53(75)63-41(23-15-27-61)51(73)69-49(37(5)6)59(81)72-30-18-26-48(72)58(80)68-46(34-40-21-13-10-14-22-40)56(78)66-44(32-36(3)4)54(76)64-42(24-16-28-62)52(74)70-50(38(7)8)60(82)71-29-17-25-47(71)57(79)67-45(55(77)65-43)33-39-19-11-9-12-20-39/h9-14,19-22,35-38,41-50H,15-18,23-34,61-62H2,1-8H3,(H,63,75)(H,64,76)(H,65,77)(H,66,78)(H,67,79)(H,68,80)(H,69,73)(H,70,74)/t41-,42-,43-,44-,45+,46+,47-,48-,49-,50-/m0/s1. The van der Waals surface area contributed by atoms with Crippen molar-refractivity contribution in [3.05, 3.63) is 71.8 Å². The highest BCUT2D eigenvalue weighted by molar-refractivity contribution is 6.00. The number of rotatable bonds is 16. The highest BCUT2D eigenvalue weighted by Crippen LogP contribution is 2.24. The van der Waals surface area contributed by atoms with Crippen molar-refractivity contribution in [1.82, 2.24) is 52.3 Å². The van der Waals surface area contributed by atoms with E-state index in [1.165, 1.54) is 9.80 Å². The maximum absolute atomic E-state index is 14.7. The van der Waals surface area contributed by atoms with Crippen LogP contribution in [0.3, 0.4) is 0 Å². The van der Waals surface area contributed by atoms with Crippen molar-refractivity contribution in [3.63, 3.8) is 0 Å². The Kier molecular flexibility index (Phi) is 25.7. The van der Waals surface area contributed by atoms with Crippen LogP contribution in [0.25, 0.3) is 0 Å². The molecule has 82 heavy (non-hydrogen) atoms. The second-order valence-electron chi connectivity index (χ2n) is 23.7. The average Bonchev–Trinajstić information content (AvgIpc) is 4.16. The van der Waals surface area contributed by atoms with Crippen LogP contribution < -0.4 is 54.0 Å². The molecule has 2 aromatic carbocycles. The fourth-order valence-electron chi connectivity index (χ4n) is 10.8. The van der Waals surface area contributed by atoms with Gasteiger partial charge in [-0.05, 0) is 112 Å². The molecular formula is C60H92N12O10. The van der Waals surface area contributed by atoms with Gasteiger partial charge in [-0.25, -0.2) is 0 Å². The van der Waals surface area contributed by atoms with Gasteiger partial charge in [-0.1, -0.05) is 116 Å². The minimum absolute atomic E-state index is 0.0113. The molecule has 0 radical (unpaired) electrons. The summed E-state index contributed by atoms with van der Waals surface area (Å²) in [5.74, 6) is -7.73. The van der Waals surface area contributed by atoms with Crippen molar-refractivity contribution >= 4 is 59.1 Å². The fourth-order valence-corrected chi connectivity index (χ4v) is 10.8. The van der Waals surface area contributed by atoms with Crippen LogP contribution in [-0.4, -0.2) is 155 Å². The Labute approximate surface area is 483 Å². The maximum Gasteiger partial charge on any atom is 0.246 e. The number of nitrogens with two attached hydrogens (primary N) is 2. The summed E-state index contributed by atoms with van der Waals surface area (Å²) in [6.45, 7) is 15.1. The Morgan fingerprint density at radius 3 is 1.04 bits per heavy atom. The van der Waals surface area contributed by atoms with Crippen molar-refractivity contribution in [2.75, 3.05) is 26.2 Å². The first-order chi connectivity index (χ1) is 39.0. The topological polar surface area (TPSA) is 325 Å². The Bertz CT molecular complexity index is 2330. The molecule has 0 unspecified atom stereocenters. The lowest BCUT2D eigenvalue weighted by atomic mass is 9.98. The molecule has 5 rings (SSSR count). The molecule has 0 spiro atoms. The van der Waals surface area contributed by atoms with Crippen LogP contribution in [-0.2, 0) is 60.8 Å². The van der Waals surface area contributed by atoms with Crippen molar-refractivity contribution < 1.29 is 47.9 Å². The van der Waals surface area contributed by atoms with Gasteiger partial charge in [0.1, 0.15) is 60.4 Å². The van der Waals surface area contributed by atoms with E-state index >= 15 is 0 Å². The Balaban J connectivity index is 1.58. The minimum atomic E-state index is -1.24. The normalized spacial score (nSPS) is 26.6. The lowest BCUT2D eigenvalue weighted by Crippen LogP contribution is -2.62. The van der Waals surface area contributed by atoms with E-state index in [9.17, 15) is 47.9 Å². The monoisotopic (exact) mass is 1140 g/mol. The van der Waals surface area contributed by atoms with Crippen molar-refractivity contribution in [1.29, 1.82) is 0 Å². The van der Waals surface area contributed by atoms with E-state index < -0.39 is 131 Å². The average molecular weight is 1140 g/mol. The first-order valence-corrected chi connectivity index (χ1v) is 29.5. The summed E-state index contributed by atoms with van der Waals surface area (Å²) < 4.78 is 0. The molecule has 12 N–H and O–H groups in total. The second kappa shape index (κ2) is 32.0. The molecule has 22 heteroatoms. The molecule has 3 aliphatic rings. The zero-order valence-corrected chi connectivity index (χ0v) is 49.3. The Morgan fingerprint density at radius 1 is 0.415 bits per heavy atom. The molecule has 0 saturated carbocycles. The van der Waals surface area contributed by atoms with Gasteiger partial charge in [0, 0.05) is 25.9 Å². The van der Waals surface area contributed by atoms with E-state index in [1.54, 1.807) is 76.2 Å². The number of carbonyl (C=O) groups is 10. The van der Waals surface area contributed by atoms with Gasteiger partial charge in [0.15, 0.2) is 0 Å². The highest BCUT2D eigenvalue weighted by Gasteiger charge is 2.43. The van der Waals surface area contributed by atoms with E-state index in [-0.39, 0.29) is 89.4 Å². The number of amides is 10. The van der Waals surface area contributed by atoms with E-state index in [4.69, 9.17) is 11.5 Å². The van der Waals surface area contributed by atoms with E-state index in [0.717, 1.165) is 0 Å². The van der Waals surface area contributed by atoms with Crippen LogP contribution in [0.15, 0.2) is 60.7 Å². The van der Waals surface area contributed by atoms with Crippen LogP contribution in [0.4, 0.5) is 0 Å². The molecule has 3 heterocycles. The predicted molar refractivity (Wildman–Crippen MR) is 310 cm³/mol. The highest BCUT2D eigenvalue weighted by atomic mass is 16.2. The third kappa shape index (κ3) is 19.1. The lowest BCUT2D eigenvalue weighted by Gasteiger charge is -2.33. The van der Waals surface area contributed by atoms with Crippen LogP contribution >= 0.6 is 0 Å². The molecule has 2 aromatic rings. The van der Waals surface area contributed by atoms with Gasteiger partial charge in [-0.2, -0.15) is 0 Å². The second-order valence-corrected chi connectivity index (χ2v) is 23.7. The smallest absolute Gasteiger partial charge is 0.246 e. The van der Waals surface area contributed by atoms with Gasteiger partial charge in [-0.3, -0.25) is 47.9 Å². The number of fused-ring (bicyclic) bond motifs is 2. The maximum atomic E-state index is 14.7.